The molecule has 2 aliphatic rings. The molecular weight excluding hydrogens is 298 g/mol. The first-order valence-electron chi connectivity index (χ1n) is 9.85. The van der Waals surface area contributed by atoms with Crippen molar-refractivity contribution in [1.82, 2.24) is 5.32 Å². The number of carbonyl (C=O) groups excluding carboxylic acids is 1. The third kappa shape index (κ3) is 4.52. The zero-order valence-corrected chi connectivity index (χ0v) is 15.0. The van der Waals surface area contributed by atoms with E-state index in [1.54, 1.807) is 0 Å². The van der Waals surface area contributed by atoms with Gasteiger partial charge < -0.3 is 10.1 Å². The van der Waals surface area contributed by atoms with Crippen molar-refractivity contribution in [3.63, 3.8) is 0 Å². The molecule has 0 aromatic heterocycles. The van der Waals surface area contributed by atoms with Crippen LogP contribution in [-0.4, -0.2) is 18.1 Å². The number of carbonyl (C=O) groups is 1. The summed E-state index contributed by atoms with van der Waals surface area (Å²) in [5.41, 5.74) is 2.85. The molecule has 132 valence electrons. The van der Waals surface area contributed by atoms with E-state index in [0.717, 1.165) is 25.0 Å². The molecule has 0 saturated heterocycles. The van der Waals surface area contributed by atoms with Gasteiger partial charge in [0.1, 0.15) is 5.75 Å². The number of hydrogen-bond acceptors (Lipinski definition) is 2. The van der Waals surface area contributed by atoms with E-state index in [1.165, 1.54) is 56.1 Å². The SMILES string of the molecule is CC[C@H](Oc1ccc2c(c1)CCCC2)C(=O)NC1CCCCCC1. The Kier molecular flexibility index (Phi) is 6.17. The van der Waals surface area contributed by atoms with E-state index >= 15 is 0 Å². The van der Waals surface area contributed by atoms with Gasteiger partial charge >= 0.3 is 0 Å². The van der Waals surface area contributed by atoms with Gasteiger partial charge in [-0.15, -0.1) is 0 Å². The van der Waals surface area contributed by atoms with E-state index in [9.17, 15) is 4.79 Å². The number of aryl methyl sites for hydroxylation is 2. The van der Waals surface area contributed by atoms with E-state index in [-0.39, 0.29) is 12.0 Å². The van der Waals surface area contributed by atoms with Crippen molar-refractivity contribution >= 4 is 5.91 Å². The minimum Gasteiger partial charge on any atom is -0.481 e. The second-order valence-electron chi connectivity index (χ2n) is 7.35. The van der Waals surface area contributed by atoms with Crippen LogP contribution in [0.5, 0.6) is 5.75 Å². The summed E-state index contributed by atoms with van der Waals surface area (Å²) in [7, 11) is 0. The number of rotatable bonds is 5. The van der Waals surface area contributed by atoms with Gasteiger partial charge in [0.15, 0.2) is 6.10 Å². The Morgan fingerprint density at radius 3 is 2.50 bits per heavy atom. The summed E-state index contributed by atoms with van der Waals surface area (Å²) in [6.45, 7) is 2.02. The lowest BCUT2D eigenvalue weighted by molar-refractivity contribution is -0.128. The summed E-state index contributed by atoms with van der Waals surface area (Å²) in [5, 5.41) is 3.23. The molecule has 1 aromatic carbocycles. The molecule has 3 heteroatoms. The van der Waals surface area contributed by atoms with Crippen molar-refractivity contribution in [3.8, 4) is 5.75 Å². The number of amides is 1. The molecule has 3 rings (SSSR count). The number of hydrogen-bond donors (Lipinski definition) is 1. The van der Waals surface area contributed by atoms with Crippen LogP contribution < -0.4 is 10.1 Å². The molecule has 0 unspecified atom stereocenters. The Morgan fingerprint density at radius 2 is 1.79 bits per heavy atom. The van der Waals surface area contributed by atoms with E-state index in [4.69, 9.17) is 4.74 Å². The van der Waals surface area contributed by atoms with Crippen molar-refractivity contribution in [2.45, 2.75) is 89.7 Å². The molecule has 1 N–H and O–H groups in total. The lowest BCUT2D eigenvalue weighted by Crippen LogP contribution is -2.43. The Morgan fingerprint density at radius 1 is 1.08 bits per heavy atom. The normalized spacial score (nSPS) is 19.9. The Hall–Kier alpha value is -1.51. The predicted molar refractivity (Wildman–Crippen MR) is 97.4 cm³/mol. The summed E-state index contributed by atoms with van der Waals surface area (Å²) in [6, 6.07) is 6.70. The Bertz CT molecular complexity index is 547. The average Bonchev–Trinajstić information content (AvgIpc) is 2.88. The molecular formula is C21H31NO2. The molecule has 1 atom stereocenters. The summed E-state index contributed by atoms with van der Waals surface area (Å²) in [4.78, 5) is 12.6. The molecule has 0 bridgehead atoms. The fourth-order valence-corrected chi connectivity index (χ4v) is 3.99. The van der Waals surface area contributed by atoms with Crippen molar-refractivity contribution in [2.75, 3.05) is 0 Å². The fourth-order valence-electron chi connectivity index (χ4n) is 3.99. The van der Waals surface area contributed by atoms with Gasteiger partial charge in [0.25, 0.3) is 5.91 Å². The van der Waals surface area contributed by atoms with E-state index in [1.807, 2.05) is 13.0 Å². The van der Waals surface area contributed by atoms with Gasteiger partial charge in [0, 0.05) is 6.04 Å². The van der Waals surface area contributed by atoms with E-state index in [2.05, 4.69) is 17.4 Å². The number of nitrogens with one attached hydrogen (secondary N) is 1. The first-order chi connectivity index (χ1) is 11.8. The lowest BCUT2D eigenvalue weighted by atomic mass is 9.92. The number of ether oxygens (including phenoxy) is 1. The minimum absolute atomic E-state index is 0.0575. The van der Waals surface area contributed by atoms with Crippen molar-refractivity contribution < 1.29 is 9.53 Å². The van der Waals surface area contributed by atoms with Crippen molar-refractivity contribution in [2.24, 2.45) is 0 Å². The van der Waals surface area contributed by atoms with Crippen LogP contribution in [0.15, 0.2) is 18.2 Å². The summed E-state index contributed by atoms with van der Waals surface area (Å²) in [5.74, 6) is 0.903. The van der Waals surface area contributed by atoms with Gasteiger partial charge in [0.2, 0.25) is 0 Å². The highest BCUT2D eigenvalue weighted by Crippen LogP contribution is 2.26. The Balaban J connectivity index is 1.60. The zero-order valence-electron chi connectivity index (χ0n) is 15.0. The quantitative estimate of drug-likeness (QED) is 0.804. The van der Waals surface area contributed by atoms with Gasteiger partial charge in [-0.05, 0) is 68.2 Å². The highest BCUT2D eigenvalue weighted by atomic mass is 16.5. The van der Waals surface area contributed by atoms with Crippen LogP contribution in [0.3, 0.4) is 0 Å². The van der Waals surface area contributed by atoms with Gasteiger partial charge in [-0.3, -0.25) is 4.79 Å². The summed E-state index contributed by atoms with van der Waals surface area (Å²) < 4.78 is 6.05. The topological polar surface area (TPSA) is 38.3 Å². The second-order valence-corrected chi connectivity index (χ2v) is 7.35. The molecule has 0 spiro atoms. The summed E-state index contributed by atoms with van der Waals surface area (Å²) >= 11 is 0. The van der Waals surface area contributed by atoms with Crippen LogP contribution in [0.4, 0.5) is 0 Å². The molecule has 1 saturated carbocycles. The maximum absolute atomic E-state index is 12.6. The van der Waals surface area contributed by atoms with Crippen LogP contribution in [0.25, 0.3) is 0 Å². The molecule has 1 amide bonds. The summed E-state index contributed by atoms with van der Waals surface area (Å²) in [6.07, 6.45) is 12.5. The highest BCUT2D eigenvalue weighted by molar-refractivity contribution is 5.81. The lowest BCUT2D eigenvalue weighted by Gasteiger charge is -2.23. The van der Waals surface area contributed by atoms with Crippen LogP contribution in [0.1, 0.15) is 75.8 Å². The Labute approximate surface area is 146 Å². The van der Waals surface area contributed by atoms with Crippen molar-refractivity contribution in [3.05, 3.63) is 29.3 Å². The molecule has 0 heterocycles. The van der Waals surface area contributed by atoms with Gasteiger partial charge in [0.05, 0.1) is 0 Å². The molecule has 0 aliphatic heterocycles. The molecule has 24 heavy (non-hydrogen) atoms. The highest BCUT2D eigenvalue weighted by Gasteiger charge is 2.23. The van der Waals surface area contributed by atoms with Gasteiger partial charge in [-0.1, -0.05) is 38.7 Å². The third-order valence-electron chi connectivity index (χ3n) is 5.46. The molecule has 3 nitrogen and oxygen atoms in total. The average molecular weight is 329 g/mol. The van der Waals surface area contributed by atoms with Gasteiger partial charge in [-0.25, -0.2) is 0 Å². The minimum atomic E-state index is -0.380. The molecule has 1 fully saturated rings. The molecule has 2 aliphatic carbocycles. The largest absolute Gasteiger partial charge is 0.481 e. The fraction of sp³-hybridized carbons (Fsp3) is 0.667. The van der Waals surface area contributed by atoms with E-state index < -0.39 is 0 Å². The van der Waals surface area contributed by atoms with Crippen LogP contribution >= 0.6 is 0 Å². The van der Waals surface area contributed by atoms with Crippen LogP contribution in [0.2, 0.25) is 0 Å². The van der Waals surface area contributed by atoms with Gasteiger partial charge in [-0.2, -0.15) is 0 Å². The second kappa shape index (κ2) is 8.55. The maximum Gasteiger partial charge on any atom is 0.261 e. The molecule has 0 radical (unpaired) electrons. The zero-order chi connectivity index (χ0) is 16.8. The third-order valence-corrected chi connectivity index (χ3v) is 5.46. The number of benzene rings is 1. The first-order valence-corrected chi connectivity index (χ1v) is 9.85. The smallest absolute Gasteiger partial charge is 0.261 e. The van der Waals surface area contributed by atoms with Crippen LogP contribution in [0, 0.1) is 0 Å². The van der Waals surface area contributed by atoms with E-state index in [0.29, 0.717) is 12.5 Å². The first kappa shape index (κ1) is 17.3. The standard InChI is InChI=1S/C21H31NO2/c1-2-20(21(23)22-18-11-5-3-4-6-12-18)24-19-14-13-16-9-7-8-10-17(16)15-19/h13-15,18,20H,2-12H2,1H3,(H,22,23)/t20-/m0/s1. The monoisotopic (exact) mass is 329 g/mol. The molecule has 1 aromatic rings. The predicted octanol–water partition coefficient (Wildman–Crippen LogP) is 4.56. The number of fused-ring (bicyclic) bond motifs is 1. The van der Waals surface area contributed by atoms with Crippen molar-refractivity contribution in [1.29, 1.82) is 0 Å². The van der Waals surface area contributed by atoms with Crippen LogP contribution in [-0.2, 0) is 17.6 Å². The maximum atomic E-state index is 12.6.